The Morgan fingerprint density at radius 2 is 1.70 bits per heavy atom. The van der Waals surface area contributed by atoms with Crippen molar-refractivity contribution in [2.24, 2.45) is 5.92 Å². The van der Waals surface area contributed by atoms with Crippen molar-refractivity contribution in [1.82, 2.24) is 4.90 Å². The van der Waals surface area contributed by atoms with Gasteiger partial charge >= 0.3 is 0 Å². The second-order valence-electron chi connectivity index (χ2n) is 6.49. The molecule has 2 amide bonds. The predicted octanol–water partition coefficient (Wildman–Crippen LogP) is 3.19. The predicted molar refractivity (Wildman–Crippen MR) is 103 cm³/mol. The second-order valence-corrected chi connectivity index (χ2v) is 6.49. The number of carbonyl (C=O) groups is 2. The highest BCUT2D eigenvalue weighted by molar-refractivity contribution is 5.96. The standard InChI is InChI=1S/C21H24N2O4/c1-26-17-8-9-19(27-2)18(14-17)22-20(24)15-10-12-23(13-11-15)21(25)16-6-4-3-5-7-16/h3-9,14-15H,10-13H2,1-2H3,(H,22,24). The Morgan fingerprint density at radius 1 is 1.00 bits per heavy atom. The van der Waals surface area contributed by atoms with E-state index in [9.17, 15) is 9.59 Å². The van der Waals surface area contributed by atoms with Crippen molar-refractivity contribution in [3.63, 3.8) is 0 Å². The summed E-state index contributed by atoms with van der Waals surface area (Å²) in [7, 11) is 3.14. The van der Waals surface area contributed by atoms with Crippen LogP contribution < -0.4 is 14.8 Å². The van der Waals surface area contributed by atoms with Crippen LogP contribution in [0.5, 0.6) is 11.5 Å². The van der Waals surface area contributed by atoms with Crippen molar-refractivity contribution in [2.75, 3.05) is 32.6 Å². The summed E-state index contributed by atoms with van der Waals surface area (Å²) in [5.74, 6) is 1.05. The van der Waals surface area contributed by atoms with E-state index in [2.05, 4.69) is 5.32 Å². The number of nitrogens with one attached hydrogen (secondary N) is 1. The van der Waals surface area contributed by atoms with Crippen LogP contribution in [0.25, 0.3) is 0 Å². The molecule has 1 fully saturated rings. The molecule has 0 radical (unpaired) electrons. The number of methoxy groups -OCH3 is 2. The Balaban J connectivity index is 1.60. The lowest BCUT2D eigenvalue weighted by atomic mass is 9.95. The summed E-state index contributed by atoms with van der Waals surface area (Å²) >= 11 is 0. The molecule has 3 rings (SSSR count). The first-order chi connectivity index (χ1) is 13.1. The maximum atomic E-state index is 12.7. The van der Waals surface area contributed by atoms with E-state index in [0.29, 0.717) is 48.7 Å². The molecule has 0 aromatic heterocycles. The fourth-order valence-electron chi connectivity index (χ4n) is 3.25. The summed E-state index contributed by atoms with van der Waals surface area (Å²) in [4.78, 5) is 27.0. The average Bonchev–Trinajstić information content (AvgIpc) is 2.73. The van der Waals surface area contributed by atoms with Gasteiger partial charge in [-0.3, -0.25) is 9.59 Å². The van der Waals surface area contributed by atoms with Gasteiger partial charge in [0.1, 0.15) is 11.5 Å². The summed E-state index contributed by atoms with van der Waals surface area (Å²) in [5.41, 5.74) is 1.27. The van der Waals surface area contributed by atoms with Gasteiger partial charge in [-0.25, -0.2) is 0 Å². The largest absolute Gasteiger partial charge is 0.497 e. The van der Waals surface area contributed by atoms with Gasteiger partial charge in [0, 0.05) is 30.6 Å². The van der Waals surface area contributed by atoms with Crippen molar-refractivity contribution in [3.05, 3.63) is 54.1 Å². The number of ether oxygens (including phenoxy) is 2. The third kappa shape index (κ3) is 4.39. The zero-order valence-corrected chi connectivity index (χ0v) is 15.6. The molecular weight excluding hydrogens is 344 g/mol. The van der Waals surface area contributed by atoms with Crippen molar-refractivity contribution in [3.8, 4) is 11.5 Å². The van der Waals surface area contributed by atoms with Crippen LogP contribution in [0.4, 0.5) is 5.69 Å². The molecule has 1 heterocycles. The van der Waals surface area contributed by atoms with E-state index < -0.39 is 0 Å². The Labute approximate surface area is 159 Å². The van der Waals surface area contributed by atoms with Gasteiger partial charge in [-0.2, -0.15) is 0 Å². The van der Waals surface area contributed by atoms with Gasteiger partial charge < -0.3 is 19.7 Å². The zero-order chi connectivity index (χ0) is 19.2. The molecule has 1 aliphatic heterocycles. The molecular formula is C21H24N2O4. The molecule has 6 nitrogen and oxygen atoms in total. The molecule has 2 aromatic carbocycles. The van der Waals surface area contributed by atoms with E-state index in [-0.39, 0.29) is 17.7 Å². The summed E-state index contributed by atoms with van der Waals surface area (Å²) in [5, 5.41) is 2.93. The van der Waals surface area contributed by atoms with Crippen LogP contribution in [0.15, 0.2) is 48.5 Å². The number of anilines is 1. The van der Waals surface area contributed by atoms with Gasteiger partial charge in [-0.1, -0.05) is 18.2 Å². The molecule has 1 N–H and O–H groups in total. The van der Waals surface area contributed by atoms with Crippen LogP contribution in [-0.4, -0.2) is 44.0 Å². The molecule has 0 spiro atoms. The molecule has 27 heavy (non-hydrogen) atoms. The van der Waals surface area contributed by atoms with E-state index in [4.69, 9.17) is 9.47 Å². The molecule has 0 bridgehead atoms. The molecule has 1 aliphatic rings. The Kier molecular flexibility index (Phi) is 5.96. The van der Waals surface area contributed by atoms with Gasteiger partial charge in [-0.05, 0) is 37.1 Å². The Bertz CT molecular complexity index is 799. The fraction of sp³-hybridized carbons (Fsp3) is 0.333. The number of likely N-dealkylation sites (tertiary alicyclic amines) is 1. The van der Waals surface area contributed by atoms with E-state index in [0.717, 1.165) is 0 Å². The minimum Gasteiger partial charge on any atom is -0.497 e. The van der Waals surface area contributed by atoms with Gasteiger partial charge in [-0.15, -0.1) is 0 Å². The maximum absolute atomic E-state index is 12.7. The lowest BCUT2D eigenvalue weighted by Gasteiger charge is -2.31. The van der Waals surface area contributed by atoms with Gasteiger partial charge in [0.15, 0.2) is 0 Å². The van der Waals surface area contributed by atoms with Gasteiger partial charge in [0.05, 0.1) is 19.9 Å². The van der Waals surface area contributed by atoms with Crippen LogP contribution in [0.3, 0.4) is 0 Å². The van der Waals surface area contributed by atoms with Crippen LogP contribution in [0.2, 0.25) is 0 Å². The summed E-state index contributed by atoms with van der Waals surface area (Å²) < 4.78 is 10.5. The van der Waals surface area contributed by atoms with Crippen molar-refractivity contribution in [2.45, 2.75) is 12.8 Å². The Hall–Kier alpha value is -3.02. The van der Waals surface area contributed by atoms with E-state index in [1.54, 1.807) is 32.4 Å². The van der Waals surface area contributed by atoms with Gasteiger partial charge in [0.25, 0.3) is 5.91 Å². The smallest absolute Gasteiger partial charge is 0.253 e. The number of hydrogen-bond acceptors (Lipinski definition) is 4. The molecule has 142 valence electrons. The number of hydrogen-bond donors (Lipinski definition) is 1. The molecule has 2 aromatic rings. The lowest BCUT2D eigenvalue weighted by molar-refractivity contribution is -0.121. The summed E-state index contributed by atoms with van der Waals surface area (Å²) in [6.07, 6.45) is 1.27. The fourth-order valence-corrected chi connectivity index (χ4v) is 3.25. The first-order valence-electron chi connectivity index (χ1n) is 8.99. The minimum atomic E-state index is -0.138. The number of nitrogens with zero attached hydrogens (tertiary/aromatic N) is 1. The number of amides is 2. The molecule has 0 saturated carbocycles. The minimum absolute atomic E-state index is 0.0175. The zero-order valence-electron chi connectivity index (χ0n) is 15.6. The van der Waals surface area contributed by atoms with Crippen LogP contribution in [0.1, 0.15) is 23.2 Å². The highest BCUT2D eigenvalue weighted by atomic mass is 16.5. The number of rotatable bonds is 5. The number of benzene rings is 2. The summed E-state index contributed by atoms with van der Waals surface area (Å²) in [6.45, 7) is 1.14. The van der Waals surface area contributed by atoms with Crippen LogP contribution in [0, 0.1) is 5.92 Å². The maximum Gasteiger partial charge on any atom is 0.253 e. The Morgan fingerprint density at radius 3 is 2.33 bits per heavy atom. The lowest BCUT2D eigenvalue weighted by Crippen LogP contribution is -2.41. The molecule has 0 unspecified atom stereocenters. The molecule has 0 atom stereocenters. The SMILES string of the molecule is COc1ccc(OC)c(NC(=O)C2CCN(C(=O)c3ccccc3)CC2)c1. The monoisotopic (exact) mass is 368 g/mol. The van der Waals surface area contributed by atoms with E-state index in [1.165, 1.54) is 0 Å². The highest BCUT2D eigenvalue weighted by Gasteiger charge is 2.28. The second kappa shape index (κ2) is 8.58. The van der Waals surface area contributed by atoms with Crippen molar-refractivity contribution in [1.29, 1.82) is 0 Å². The highest BCUT2D eigenvalue weighted by Crippen LogP contribution is 2.30. The first-order valence-corrected chi connectivity index (χ1v) is 8.99. The third-order valence-corrected chi connectivity index (χ3v) is 4.84. The quantitative estimate of drug-likeness (QED) is 0.880. The number of piperidine rings is 1. The summed E-state index contributed by atoms with van der Waals surface area (Å²) in [6, 6.07) is 14.5. The van der Waals surface area contributed by atoms with Crippen molar-refractivity contribution >= 4 is 17.5 Å². The van der Waals surface area contributed by atoms with Gasteiger partial charge in [0.2, 0.25) is 5.91 Å². The van der Waals surface area contributed by atoms with Crippen molar-refractivity contribution < 1.29 is 19.1 Å². The molecule has 0 aliphatic carbocycles. The number of carbonyl (C=O) groups excluding carboxylic acids is 2. The average molecular weight is 368 g/mol. The molecule has 6 heteroatoms. The van der Waals surface area contributed by atoms with Crippen LogP contribution >= 0.6 is 0 Å². The first kappa shape index (κ1) is 18.8. The topological polar surface area (TPSA) is 67.9 Å². The van der Waals surface area contributed by atoms with E-state index >= 15 is 0 Å². The van der Waals surface area contributed by atoms with Crippen LogP contribution in [-0.2, 0) is 4.79 Å². The van der Waals surface area contributed by atoms with E-state index in [1.807, 2.05) is 35.2 Å². The third-order valence-electron chi connectivity index (χ3n) is 4.84. The normalized spacial score (nSPS) is 14.5. The molecule has 1 saturated heterocycles.